The zero-order valence-electron chi connectivity index (χ0n) is 11.1. The van der Waals surface area contributed by atoms with Gasteiger partial charge in [0.1, 0.15) is 0 Å². The van der Waals surface area contributed by atoms with Crippen molar-refractivity contribution in [3.63, 3.8) is 0 Å². The highest BCUT2D eigenvalue weighted by molar-refractivity contribution is 7.99. The molecule has 1 N–H and O–H groups in total. The maximum absolute atomic E-state index is 5.65. The summed E-state index contributed by atoms with van der Waals surface area (Å²) in [7, 11) is 0. The second-order valence-electron chi connectivity index (χ2n) is 5.26. The fourth-order valence-corrected chi connectivity index (χ4v) is 4.29. The Morgan fingerprint density at radius 3 is 2.94 bits per heavy atom. The normalized spacial score (nSPS) is 33.4. The predicted octanol–water partition coefficient (Wildman–Crippen LogP) is 3.21. The highest BCUT2D eigenvalue weighted by atomic mass is 32.2. The van der Waals surface area contributed by atoms with Crippen molar-refractivity contribution in [1.29, 1.82) is 0 Å². The maximum atomic E-state index is 5.65. The first-order chi connectivity index (χ1) is 8.40. The first kappa shape index (κ1) is 13.7. The second-order valence-corrected chi connectivity index (χ2v) is 6.78. The average molecular weight is 257 g/mol. The van der Waals surface area contributed by atoms with Gasteiger partial charge in [0.25, 0.3) is 0 Å². The van der Waals surface area contributed by atoms with Gasteiger partial charge in [0.15, 0.2) is 0 Å². The topological polar surface area (TPSA) is 21.3 Å². The molecule has 1 aliphatic carbocycles. The van der Waals surface area contributed by atoms with Crippen LogP contribution in [0.5, 0.6) is 0 Å². The number of rotatable bonds is 7. The van der Waals surface area contributed by atoms with E-state index in [0.29, 0.717) is 6.10 Å². The monoisotopic (exact) mass is 257 g/mol. The fourth-order valence-electron chi connectivity index (χ4n) is 3.06. The molecule has 0 aromatic rings. The third-order valence-corrected chi connectivity index (χ3v) is 5.29. The summed E-state index contributed by atoms with van der Waals surface area (Å²) >= 11 is 2.14. The summed E-state index contributed by atoms with van der Waals surface area (Å²) in [6.07, 6.45) is 9.89. The molecule has 2 nitrogen and oxygen atoms in total. The number of hydrogen-bond acceptors (Lipinski definition) is 3. The lowest BCUT2D eigenvalue weighted by atomic mass is 10.1. The van der Waals surface area contributed by atoms with Crippen LogP contribution in [0.25, 0.3) is 0 Å². The Balaban J connectivity index is 1.54. The van der Waals surface area contributed by atoms with Crippen molar-refractivity contribution >= 4 is 11.8 Å². The molecule has 1 heterocycles. The molecule has 0 bridgehead atoms. The minimum absolute atomic E-state index is 0.571. The molecular formula is C14H27NOS. The van der Waals surface area contributed by atoms with E-state index in [-0.39, 0.29) is 0 Å². The molecule has 0 spiro atoms. The Hall–Kier alpha value is 0.270. The van der Waals surface area contributed by atoms with Crippen LogP contribution < -0.4 is 5.32 Å². The Morgan fingerprint density at radius 2 is 2.18 bits per heavy atom. The minimum atomic E-state index is 0.571. The lowest BCUT2D eigenvalue weighted by Gasteiger charge is -2.20. The van der Waals surface area contributed by atoms with Gasteiger partial charge in [-0.2, -0.15) is 11.8 Å². The number of hydrogen-bond donors (Lipinski definition) is 1. The third kappa shape index (κ3) is 4.46. The molecular weight excluding hydrogens is 230 g/mol. The van der Waals surface area contributed by atoms with Gasteiger partial charge >= 0.3 is 0 Å². The predicted molar refractivity (Wildman–Crippen MR) is 75.8 cm³/mol. The molecule has 2 fully saturated rings. The number of thioether (sulfide) groups is 1. The molecule has 1 aliphatic heterocycles. The number of nitrogens with one attached hydrogen (secondary N) is 1. The molecule has 0 aromatic heterocycles. The zero-order chi connectivity index (χ0) is 11.9. The van der Waals surface area contributed by atoms with Gasteiger partial charge in [0.05, 0.1) is 6.10 Å². The Morgan fingerprint density at radius 1 is 1.24 bits per heavy atom. The standard InChI is InChI=1S/C14H27NOS/c1-2-17-14-9-3-8-13(14)15-10-4-6-12-7-5-11-16-12/h12-15H,2-11H2,1H3. The summed E-state index contributed by atoms with van der Waals surface area (Å²) in [6.45, 7) is 4.46. The molecule has 2 aliphatic rings. The molecule has 0 aromatic carbocycles. The average Bonchev–Trinajstić information content (AvgIpc) is 2.96. The van der Waals surface area contributed by atoms with Crippen molar-refractivity contribution in [2.75, 3.05) is 18.9 Å². The van der Waals surface area contributed by atoms with Crippen LogP contribution in [0.3, 0.4) is 0 Å². The van der Waals surface area contributed by atoms with Crippen LogP contribution in [0.1, 0.15) is 51.9 Å². The summed E-state index contributed by atoms with van der Waals surface area (Å²) in [5, 5.41) is 4.64. The second kappa shape index (κ2) is 7.65. The van der Waals surface area contributed by atoms with Crippen LogP contribution in [-0.2, 0) is 4.74 Å². The van der Waals surface area contributed by atoms with Gasteiger partial charge in [-0.15, -0.1) is 0 Å². The van der Waals surface area contributed by atoms with Gasteiger partial charge < -0.3 is 10.1 Å². The van der Waals surface area contributed by atoms with E-state index in [9.17, 15) is 0 Å². The van der Waals surface area contributed by atoms with E-state index in [0.717, 1.165) is 17.9 Å². The summed E-state index contributed by atoms with van der Waals surface area (Å²) in [4.78, 5) is 0. The van der Waals surface area contributed by atoms with Gasteiger partial charge in [-0.05, 0) is 50.8 Å². The maximum Gasteiger partial charge on any atom is 0.0576 e. The lowest BCUT2D eigenvalue weighted by Crippen LogP contribution is -2.35. The summed E-state index contributed by atoms with van der Waals surface area (Å²) < 4.78 is 5.65. The quantitative estimate of drug-likeness (QED) is 0.708. The van der Waals surface area contributed by atoms with Gasteiger partial charge in [0, 0.05) is 17.9 Å². The van der Waals surface area contributed by atoms with E-state index in [1.165, 1.54) is 57.2 Å². The highest BCUT2D eigenvalue weighted by Crippen LogP contribution is 2.29. The molecule has 0 amide bonds. The molecule has 17 heavy (non-hydrogen) atoms. The smallest absolute Gasteiger partial charge is 0.0576 e. The Labute approximate surface area is 110 Å². The zero-order valence-corrected chi connectivity index (χ0v) is 11.9. The molecule has 3 heteroatoms. The van der Waals surface area contributed by atoms with E-state index in [1.54, 1.807) is 0 Å². The molecule has 0 radical (unpaired) electrons. The minimum Gasteiger partial charge on any atom is -0.378 e. The van der Waals surface area contributed by atoms with Crippen molar-refractivity contribution in [1.82, 2.24) is 5.32 Å². The van der Waals surface area contributed by atoms with Crippen molar-refractivity contribution < 1.29 is 4.74 Å². The van der Waals surface area contributed by atoms with Crippen LogP contribution in [0, 0.1) is 0 Å². The van der Waals surface area contributed by atoms with Crippen molar-refractivity contribution in [3.05, 3.63) is 0 Å². The molecule has 100 valence electrons. The SMILES string of the molecule is CCSC1CCCC1NCCCC1CCCO1. The van der Waals surface area contributed by atoms with Crippen LogP contribution in [0.4, 0.5) is 0 Å². The lowest BCUT2D eigenvalue weighted by molar-refractivity contribution is 0.102. The first-order valence-electron chi connectivity index (χ1n) is 7.36. The molecule has 1 saturated heterocycles. The Kier molecular flexibility index (Phi) is 6.16. The Bertz CT molecular complexity index is 206. The summed E-state index contributed by atoms with van der Waals surface area (Å²) in [5.41, 5.74) is 0. The van der Waals surface area contributed by atoms with Crippen molar-refractivity contribution in [2.24, 2.45) is 0 Å². The van der Waals surface area contributed by atoms with Crippen LogP contribution in [0.15, 0.2) is 0 Å². The largest absolute Gasteiger partial charge is 0.378 e. The van der Waals surface area contributed by atoms with Crippen LogP contribution >= 0.6 is 11.8 Å². The van der Waals surface area contributed by atoms with Gasteiger partial charge in [0.2, 0.25) is 0 Å². The van der Waals surface area contributed by atoms with Crippen molar-refractivity contribution in [2.45, 2.75) is 69.3 Å². The molecule has 3 unspecified atom stereocenters. The third-order valence-electron chi connectivity index (χ3n) is 3.97. The fraction of sp³-hybridized carbons (Fsp3) is 1.00. The summed E-state index contributed by atoms with van der Waals surface area (Å²) in [6, 6.07) is 0.782. The first-order valence-corrected chi connectivity index (χ1v) is 8.41. The van der Waals surface area contributed by atoms with Crippen LogP contribution in [0.2, 0.25) is 0 Å². The molecule has 2 rings (SSSR count). The van der Waals surface area contributed by atoms with Gasteiger partial charge in [-0.25, -0.2) is 0 Å². The van der Waals surface area contributed by atoms with E-state index in [2.05, 4.69) is 24.0 Å². The van der Waals surface area contributed by atoms with E-state index in [1.807, 2.05) is 0 Å². The van der Waals surface area contributed by atoms with E-state index < -0.39 is 0 Å². The molecule has 1 saturated carbocycles. The molecule has 3 atom stereocenters. The highest BCUT2D eigenvalue weighted by Gasteiger charge is 2.26. The van der Waals surface area contributed by atoms with E-state index in [4.69, 9.17) is 4.74 Å². The van der Waals surface area contributed by atoms with Crippen LogP contribution in [-0.4, -0.2) is 36.3 Å². The van der Waals surface area contributed by atoms with Crippen molar-refractivity contribution in [3.8, 4) is 0 Å². The summed E-state index contributed by atoms with van der Waals surface area (Å²) in [5.74, 6) is 1.26. The number of ether oxygens (including phenoxy) is 1. The van der Waals surface area contributed by atoms with E-state index >= 15 is 0 Å². The van der Waals surface area contributed by atoms with Gasteiger partial charge in [-0.3, -0.25) is 0 Å². The van der Waals surface area contributed by atoms with Gasteiger partial charge in [-0.1, -0.05) is 13.3 Å².